The minimum Gasteiger partial charge on any atom is -0.443 e. The first-order valence-electron chi connectivity index (χ1n) is 17.2. The fourth-order valence-corrected chi connectivity index (χ4v) is 7.23. The Morgan fingerprint density at radius 1 is 0.900 bits per heavy atom. The van der Waals surface area contributed by atoms with Crippen LogP contribution in [-0.4, -0.2) is 62.1 Å². The van der Waals surface area contributed by atoms with Gasteiger partial charge in [-0.05, 0) is 104 Å². The standard InChI is InChI=1S/C38H45N7O5/c1-20-11-14-28-26(15-20)38(33(46)44(28)34(47)49-36(5,6)7)17-27(38)24-12-13-25-29(16-24)45(35(48)50-37(8,9)10)42-31(25)41-30-22(3)32(40-23(4)39-30)43-18-21(2)19-43/h11-16,21,27H,17-19H2,1-10H3,(H,39,40,41,42)/t27-,38-/m0/s1. The molecule has 1 saturated heterocycles. The molecule has 2 amide bonds. The fraction of sp³-hybridized carbons (Fsp3) is 0.474. The number of carbonyl (C=O) groups is 3. The van der Waals surface area contributed by atoms with Crippen LogP contribution in [0.1, 0.15) is 88.9 Å². The second kappa shape index (κ2) is 11.3. The van der Waals surface area contributed by atoms with Crippen LogP contribution in [0.25, 0.3) is 10.9 Å². The quantitative estimate of drug-likeness (QED) is 0.232. The molecule has 2 aliphatic heterocycles. The lowest BCUT2D eigenvalue weighted by atomic mass is 9.91. The number of aryl methyl sites for hydroxylation is 2. The molecule has 12 nitrogen and oxygen atoms in total. The number of anilines is 4. The zero-order chi connectivity index (χ0) is 36.1. The van der Waals surface area contributed by atoms with Crippen molar-refractivity contribution < 1.29 is 23.9 Å². The number of hydrogen-bond donors (Lipinski definition) is 1. The third-order valence-electron chi connectivity index (χ3n) is 9.50. The maximum Gasteiger partial charge on any atom is 0.435 e. The Kier molecular flexibility index (Phi) is 7.54. The van der Waals surface area contributed by atoms with Gasteiger partial charge < -0.3 is 19.7 Å². The number of imide groups is 1. The first-order valence-corrected chi connectivity index (χ1v) is 17.2. The van der Waals surface area contributed by atoms with E-state index in [0.29, 0.717) is 46.4 Å². The Bertz CT molecular complexity index is 2090. The minimum absolute atomic E-state index is 0.237. The van der Waals surface area contributed by atoms with E-state index in [2.05, 4.69) is 17.1 Å². The van der Waals surface area contributed by atoms with Gasteiger partial charge in [0.1, 0.15) is 28.7 Å². The summed E-state index contributed by atoms with van der Waals surface area (Å²) in [5.74, 6) is 2.63. The van der Waals surface area contributed by atoms with Crippen LogP contribution < -0.4 is 15.1 Å². The van der Waals surface area contributed by atoms with E-state index in [-0.39, 0.29) is 11.8 Å². The molecule has 12 heteroatoms. The van der Waals surface area contributed by atoms with Crippen molar-refractivity contribution in [3.05, 3.63) is 64.5 Å². The second-order valence-corrected chi connectivity index (χ2v) is 16.1. The second-order valence-electron chi connectivity index (χ2n) is 16.1. The minimum atomic E-state index is -0.926. The number of nitrogens with zero attached hydrogens (tertiary/aromatic N) is 6. The molecule has 4 aromatic rings. The van der Waals surface area contributed by atoms with E-state index < -0.39 is 28.8 Å². The highest BCUT2D eigenvalue weighted by Crippen LogP contribution is 2.66. The number of hydrogen-bond acceptors (Lipinski definition) is 10. The molecule has 0 unspecified atom stereocenters. The summed E-state index contributed by atoms with van der Waals surface area (Å²) >= 11 is 0. The fourth-order valence-electron chi connectivity index (χ4n) is 7.23. The van der Waals surface area contributed by atoms with Crippen molar-refractivity contribution in [2.45, 2.75) is 98.2 Å². The molecule has 50 heavy (non-hydrogen) atoms. The predicted molar refractivity (Wildman–Crippen MR) is 191 cm³/mol. The molecular formula is C38H45N7O5. The summed E-state index contributed by atoms with van der Waals surface area (Å²) in [4.78, 5) is 54.1. The molecule has 4 heterocycles. The SMILES string of the molecule is Cc1ccc2c(c1)[C@]1(C[C@H]1c1ccc3c(Nc4nc(C)nc(N5CC(C)C5)c4C)nn(C(=O)OC(C)(C)C)c3c1)C(=O)N2C(=O)OC(C)(C)C. The van der Waals surface area contributed by atoms with Crippen LogP contribution in [0.2, 0.25) is 0 Å². The first kappa shape index (κ1) is 33.5. The van der Waals surface area contributed by atoms with Gasteiger partial charge in [-0.3, -0.25) is 4.79 Å². The zero-order valence-electron chi connectivity index (χ0n) is 30.5. The molecule has 1 aliphatic carbocycles. The summed E-state index contributed by atoms with van der Waals surface area (Å²) < 4.78 is 12.7. The normalized spacial score (nSPS) is 20.3. The lowest BCUT2D eigenvalue weighted by molar-refractivity contribution is -0.120. The molecule has 0 radical (unpaired) electrons. The molecule has 2 fully saturated rings. The summed E-state index contributed by atoms with van der Waals surface area (Å²) in [5.41, 5.74) is 2.17. The van der Waals surface area contributed by atoms with Crippen LogP contribution in [-0.2, 0) is 19.7 Å². The van der Waals surface area contributed by atoms with E-state index in [0.717, 1.165) is 41.2 Å². The zero-order valence-corrected chi connectivity index (χ0v) is 30.5. The summed E-state index contributed by atoms with van der Waals surface area (Å²) in [6.45, 7) is 20.7. The number of ether oxygens (including phenoxy) is 2. The maximum absolute atomic E-state index is 14.3. The van der Waals surface area contributed by atoms with Gasteiger partial charge in [-0.1, -0.05) is 30.7 Å². The molecule has 2 aromatic heterocycles. The van der Waals surface area contributed by atoms with Crippen LogP contribution in [0.3, 0.4) is 0 Å². The van der Waals surface area contributed by atoms with E-state index >= 15 is 0 Å². The van der Waals surface area contributed by atoms with Crippen molar-refractivity contribution in [3.63, 3.8) is 0 Å². The van der Waals surface area contributed by atoms with Crippen LogP contribution >= 0.6 is 0 Å². The average molecular weight is 680 g/mol. The Hall–Kier alpha value is -5.00. The van der Waals surface area contributed by atoms with Crippen molar-refractivity contribution >= 4 is 52.1 Å². The van der Waals surface area contributed by atoms with Gasteiger partial charge in [-0.25, -0.2) is 24.5 Å². The van der Waals surface area contributed by atoms with E-state index in [1.54, 1.807) is 20.8 Å². The number of amides is 2. The van der Waals surface area contributed by atoms with Gasteiger partial charge >= 0.3 is 12.2 Å². The van der Waals surface area contributed by atoms with Gasteiger partial charge in [-0.2, -0.15) is 4.68 Å². The molecule has 1 saturated carbocycles. The number of nitrogens with one attached hydrogen (secondary N) is 1. The van der Waals surface area contributed by atoms with E-state index in [1.807, 2.05) is 77.9 Å². The number of aromatic nitrogens is 4. The van der Waals surface area contributed by atoms with Crippen molar-refractivity contribution in [2.24, 2.45) is 5.92 Å². The average Bonchev–Trinajstić information content (AvgIpc) is 3.58. The highest BCUT2D eigenvalue weighted by molar-refractivity contribution is 6.23. The Morgan fingerprint density at radius 3 is 2.24 bits per heavy atom. The van der Waals surface area contributed by atoms with Crippen molar-refractivity contribution in [1.82, 2.24) is 19.7 Å². The van der Waals surface area contributed by atoms with Crippen molar-refractivity contribution in [2.75, 3.05) is 28.2 Å². The van der Waals surface area contributed by atoms with Gasteiger partial charge in [-0.15, -0.1) is 5.10 Å². The molecule has 2 aromatic carbocycles. The number of rotatable bonds is 4. The van der Waals surface area contributed by atoms with Gasteiger partial charge in [0, 0.05) is 30.0 Å². The lowest BCUT2D eigenvalue weighted by Crippen LogP contribution is -2.46. The number of carbonyl (C=O) groups excluding carboxylic acids is 3. The highest BCUT2D eigenvalue weighted by atomic mass is 16.6. The van der Waals surface area contributed by atoms with Gasteiger partial charge in [0.05, 0.1) is 16.6 Å². The van der Waals surface area contributed by atoms with E-state index in [4.69, 9.17) is 24.5 Å². The maximum atomic E-state index is 14.3. The van der Waals surface area contributed by atoms with E-state index in [9.17, 15) is 14.4 Å². The Morgan fingerprint density at radius 2 is 1.58 bits per heavy atom. The number of fused-ring (bicyclic) bond motifs is 3. The topological polar surface area (TPSA) is 132 Å². The summed E-state index contributed by atoms with van der Waals surface area (Å²) in [6, 6.07) is 11.5. The highest BCUT2D eigenvalue weighted by Gasteiger charge is 2.68. The van der Waals surface area contributed by atoms with Crippen LogP contribution in [0.4, 0.5) is 32.7 Å². The summed E-state index contributed by atoms with van der Waals surface area (Å²) in [5, 5.41) is 8.81. The largest absolute Gasteiger partial charge is 0.443 e. The van der Waals surface area contributed by atoms with Gasteiger partial charge in [0.15, 0.2) is 5.82 Å². The van der Waals surface area contributed by atoms with Crippen LogP contribution in [0.5, 0.6) is 0 Å². The molecule has 0 bridgehead atoms. The smallest absolute Gasteiger partial charge is 0.435 e. The first-order chi connectivity index (χ1) is 23.4. The van der Waals surface area contributed by atoms with E-state index in [1.165, 1.54) is 9.58 Å². The molecule has 2 atom stereocenters. The monoisotopic (exact) mass is 679 g/mol. The number of benzene rings is 2. The summed E-state index contributed by atoms with van der Waals surface area (Å²) in [6.07, 6.45) is -0.805. The third kappa shape index (κ3) is 5.64. The molecule has 3 aliphatic rings. The van der Waals surface area contributed by atoms with Gasteiger partial charge in [0.2, 0.25) is 5.91 Å². The van der Waals surface area contributed by atoms with Gasteiger partial charge in [0.25, 0.3) is 0 Å². The molecular weight excluding hydrogens is 634 g/mol. The Labute approximate surface area is 292 Å². The van der Waals surface area contributed by atoms with Crippen molar-refractivity contribution in [3.8, 4) is 0 Å². The van der Waals surface area contributed by atoms with Crippen LogP contribution in [0.15, 0.2) is 36.4 Å². The predicted octanol–water partition coefficient (Wildman–Crippen LogP) is 7.44. The summed E-state index contributed by atoms with van der Waals surface area (Å²) in [7, 11) is 0. The molecule has 1 N–H and O–H groups in total. The Balaban J connectivity index is 1.29. The third-order valence-corrected chi connectivity index (χ3v) is 9.50. The van der Waals surface area contributed by atoms with Crippen molar-refractivity contribution in [1.29, 1.82) is 0 Å². The van der Waals surface area contributed by atoms with Crippen LogP contribution in [0, 0.1) is 26.7 Å². The molecule has 262 valence electrons. The molecule has 1 spiro atoms. The molecule has 7 rings (SSSR count). The lowest BCUT2D eigenvalue weighted by Gasteiger charge is -2.39.